The number of piperidine rings is 1. The second-order valence-corrected chi connectivity index (χ2v) is 8.94. The van der Waals surface area contributed by atoms with E-state index in [1.54, 1.807) is 0 Å². The zero-order chi connectivity index (χ0) is 19.2. The molecule has 4 rings (SSSR count). The van der Waals surface area contributed by atoms with Gasteiger partial charge in [-0.3, -0.25) is 9.80 Å². The Morgan fingerprint density at radius 3 is 2.56 bits per heavy atom. The van der Waals surface area contributed by atoms with Crippen LogP contribution in [0.25, 0.3) is 0 Å². The first kappa shape index (κ1) is 18.5. The van der Waals surface area contributed by atoms with Crippen molar-refractivity contribution in [2.24, 2.45) is 5.92 Å². The van der Waals surface area contributed by atoms with Gasteiger partial charge in [-0.2, -0.15) is 0 Å². The van der Waals surface area contributed by atoms with E-state index in [2.05, 4.69) is 72.9 Å². The summed E-state index contributed by atoms with van der Waals surface area (Å²) in [5.74, 6) is 1.02. The summed E-state index contributed by atoms with van der Waals surface area (Å²) >= 11 is 0. The van der Waals surface area contributed by atoms with Crippen LogP contribution in [0.2, 0.25) is 0 Å². The molecule has 3 atom stereocenters. The van der Waals surface area contributed by atoms with E-state index in [1.165, 1.54) is 17.8 Å². The predicted octanol–water partition coefficient (Wildman–Crippen LogP) is 4.59. The fourth-order valence-electron chi connectivity index (χ4n) is 5.09. The molecule has 2 fully saturated rings. The molecule has 1 aromatic rings. The van der Waals surface area contributed by atoms with Gasteiger partial charge in [-0.25, -0.2) is 5.01 Å². The summed E-state index contributed by atoms with van der Waals surface area (Å²) in [6, 6.07) is 11.0. The Labute approximate surface area is 163 Å². The summed E-state index contributed by atoms with van der Waals surface area (Å²) in [5, 5.41) is 4.71. The highest BCUT2D eigenvalue weighted by atomic mass is 16.2. The number of carbonyl (C=O) groups excluding carboxylic acids is 1. The molecule has 4 nitrogen and oxygen atoms in total. The van der Waals surface area contributed by atoms with Crippen LogP contribution in [0.1, 0.15) is 59.8 Å². The van der Waals surface area contributed by atoms with Gasteiger partial charge in [-0.1, -0.05) is 38.5 Å². The molecule has 146 valence electrons. The number of fused-ring (bicyclic) bond motifs is 1. The van der Waals surface area contributed by atoms with Crippen LogP contribution in [0.3, 0.4) is 0 Å². The summed E-state index contributed by atoms with van der Waals surface area (Å²) in [6.45, 7) is 10.9. The van der Waals surface area contributed by atoms with Gasteiger partial charge in [0.2, 0.25) is 0 Å². The van der Waals surface area contributed by atoms with Crippen LogP contribution < -0.4 is 5.01 Å². The Morgan fingerprint density at radius 1 is 1.19 bits per heavy atom. The van der Waals surface area contributed by atoms with Crippen molar-refractivity contribution >= 4 is 11.6 Å². The maximum Gasteiger partial charge on any atom is 0.252 e. The largest absolute Gasteiger partial charge is 0.334 e. The minimum absolute atomic E-state index is 0.0554. The highest BCUT2D eigenvalue weighted by Gasteiger charge is 2.48. The molecule has 27 heavy (non-hydrogen) atoms. The molecule has 0 saturated carbocycles. The fourth-order valence-corrected chi connectivity index (χ4v) is 5.09. The Bertz CT molecular complexity index is 739. The average Bonchev–Trinajstić information content (AvgIpc) is 3.45. The number of benzene rings is 1. The minimum Gasteiger partial charge on any atom is -0.334 e. The Kier molecular flexibility index (Phi) is 4.79. The van der Waals surface area contributed by atoms with E-state index in [0.29, 0.717) is 6.04 Å². The summed E-state index contributed by atoms with van der Waals surface area (Å²) in [7, 11) is 0. The lowest BCUT2D eigenvalue weighted by atomic mass is 9.80. The molecular formula is C23H33N3O. The summed E-state index contributed by atoms with van der Waals surface area (Å²) in [6.07, 6.45) is 5.24. The van der Waals surface area contributed by atoms with Crippen molar-refractivity contribution in [2.75, 3.05) is 18.1 Å². The van der Waals surface area contributed by atoms with Crippen molar-refractivity contribution in [3.05, 3.63) is 41.6 Å². The lowest BCUT2D eigenvalue weighted by Crippen LogP contribution is -2.54. The number of allylic oxidation sites excluding steroid dienone is 1. The third-order valence-electron chi connectivity index (χ3n) is 6.68. The molecule has 2 saturated heterocycles. The number of nitrogens with zero attached hydrogens (tertiary/aromatic N) is 3. The fraction of sp³-hybridized carbons (Fsp3) is 0.609. The molecule has 4 heteroatoms. The van der Waals surface area contributed by atoms with E-state index in [0.717, 1.165) is 50.3 Å². The number of anilines is 1. The minimum atomic E-state index is -0.0554. The van der Waals surface area contributed by atoms with E-state index >= 15 is 0 Å². The second kappa shape index (κ2) is 6.97. The monoisotopic (exact) mass is 367 g/mol. The zero-order valence-electron chi connectivity index (χ0n) is 17.2. The van der Waals surface area contributed by atoms with Gasteiger partial charge >= 0.3 is 0 Å². The van der Waals surface area contributed by atoms with Gasteiger partial charge in [0.1, 0.15) is 0 Å². The molecular weight excluding hydrogens is 334 g/mol. The SMILES string of the molecule is CCC1=C(C(=O)N2CCC(CC)CC2(C)C)CC2CN2N1c1ccccc1. The summed E-state index contributed by atoms with van der Waals surface area (Å²) in [4.78, 5) is 15.9. The van der Waals surface area contributed by atoms with Gasteiger partial charge < -0.3 is 4.90 Å². The lowest BCUT2D eigenvalue weighted by molar-refractivity contribution is -0.135. The van der Waals surface area contributed by atoms with Gasteiger partial charge in [0.15, 0.2) is 0 Å². The van der Waals surface area contributed by atoms with Crippen LogP contribution in [0.5, 0.6) is 0 Å². The van der Waals surface area contributed by atoms with Crippen molar-refractivity contribution < 1.29 is 4.79 Å². The van der Waals surface area contributed by atoms with E-state index in [4.69, 9.17) is 0 Å². The van der Waals surface area contributed by atoms with Gasteiger partial charge in [-0.15, -0.1) is 0 Å². The molecule has 0 N–H and O–H groups in total. The Hall–Kier alpha value is -1.81. The number of hydrazine groups is 1. The smallest absolute Gasteiger partial charge is 0.252 e. The van der Waals surface area contributed by atoms with Crippen LogP contribution in [-0.4, -0.2) is 40.5 Å². The maximum absolute atomic E-state index is 13.7. The van der Waals surface area contributed by atoms with Gasteiger partial charge in [0.05, 0.1) is 5.69 Å². The normalized spacial score (nSPS) is 29.6. The highest BCUT2D eigenvalue weighted by Crippen LogP contribution is 2.43. The van der Waals surface area contributed by atoms with Crippen molar-refractivity contribution in [1.29, 1.82) is 0 Å². The summed E-state index contributed by atoms with van der Waals surface area (Å²) < 4.78 is 0. The number of carbonyl (C=O) groups is 1. The highest BCUT2D eigenvalue weighted by molar-refractivity contribution is 5.96. The summed E-state index contributed by atoms with van der Waals surface area (Å²) in [5.41, 5.74) is 3.35. The topological polar surface area (TPSA) is 26.6 Å². The second-order valence-electron chi connectivity index (χ2n) is 8.94. The first-order chi connectivity index (χ1) is 13.0. The van der Waals surface area contributed by atoms with E-state index in [9.17, 15) is 4.79 Å². The maximum atomic E-state index is 13.7. The van der Waals surface area contributed by atoms with Crippen molar-refractivity contribution in [1.82, 2.24) is 9.91 Å². The predicted molar refractivity (Wildman–Crippen MR) is 110 cm³/mol. The first-order valence-electron chi connectivity index (χ1n) is 10.6. The third kappa shape index (κ3) is 3.29. The quantitative estimate of drug-likeness (QED) is 0.728. The van der Waals surface area contributed by atoms with Crippen LogP contribution in [0, 0.1) is 5.92 Å². The van der Waals surface area contributed by atoms with Crippen LogP contribution in [-0.2, 0) is 4.79 Å². The zero-order valence-corrected chi connectivity index (χ0v) is 17.2. The lowest BCUT2D eigenvalue weighted by Gasteiger charge is -2.47. The first-order valence-corrected chi connectivity index (χ1v) is 10.6. The Morgan fingerprint density at radius 2 is 1.93 bits per heavy atom. The average molecular weight is 368 g/mol. The van der Waals surface area contributed by atoms with Crippen molar-refractivity contribution in [3.8, 4) is 0 Å². The van der Waals surface area contributed by atoms with Crippen LogP contribution in [0.4, 0.5) is 5.69 Å². The van der Waals surface area contributed by atoms with Crippen LogP contribution >= 0.6 is 0 Å². The molecule has 0 aromatic heterocycles. The molecule has 3 heterocycles. The standard InChI is InChI=1S/C23H33N3O/c1-5-17-12-13-24(23(3,4)15-17)22(27)20-14-19-16-25(19)26(21(20)6-2)18-10-8-7-9-11-18/h7-11,17,19H,5-6,12-16H2,1-4H3. The Balaban J connectivity index is 1.67. The number of amides is 1. The van der Waals surface area contributed by atoms with Crippen molar-refractivity contribution in [2.45, 2.75) is 71.4 Å². The number of hydrogen-bond donors (Lipinski definition) is 0. The number of para-hydroxylation sites is 1. The molecule has 0 radical (unpaired) electrons. The van der Waals surface area contributed by atoms with Crippen LogP contribution in [0.15, 0.2) is 41.6 Å². The number of rotatable bonds is 4. The molecule has 1 amide bonds. The van der Waals surface area contributed by atoms with E-state index in [1.807, 2.05) is 0 Å². The van der Waals surface area contributed by atoms with Gasteiger partial charge in [0, 0.05) is 35.9 Å². The third-order valence-corrected chi connectivity index (χ3v) is 6.68. The van der Waals surface area contributed by atoms with E-state index in [-0.39, 0.29) is 11.4 Å². The number of hydrogen-bond acceptors (Lipinski definition) is 3. The van der Waals surface area contributed by atoms with Gasteiger partial charge in [-0.05, 0) is 57.6 Å². The molecule has 3 unspecified atom stereocenters. The molecule has 0 spiro atoms. The molecule has 1 aromatic carbocycles. The molecule has 3 aliphatic heterocycles. The van der Waals surface area contributed by atoms with Gasteiger partial charge in [0.25, 0.3) is 5.91 Å². The van der Waals surface area contributed by atoms with E-state index < -0.39 is 0 Å². The number of likely N-dealkylation sites (tertiary alicyclic amines) is 1. The molecule has 3 aliphatic rings. The molecule has 0 bridgehead atoms. The van der Waals surface area contributed by atoms with Crippen molar-refractivity contribution in [3.63, 3.8) is 0 Å². The molecule has 0 aliphatic carbocycles.